The van der Waals surface area contributed by atoms with E-state index < -0.39 is 5.82 Å². The van der Waals surface area contributed by atoms with Crippen molar-refractivity contribution in [3.05, 3.63) is 35.7 Å². The number of urea groups is 1. The van der Waals surface area contributed by atoms with Gasteiger partial charge in [0, 0.05) is 31.8 Å². The lowest BCUT2D eigenvalue weighted by atomic mass is 10.1. The first-order valence-corrected chi connectivity index (χ1v) is 8.35. The molecule has 8 nitrogen and oxygen atoms in total. The molecule has 2 amide bonds. The zero-order chi connectivity index (χ0) is 18.5. The maximum Gasteiger partial charge on any atom is 0.321 e. The molecule has 2 heterocycles. The standard InChI is InChI=1S/C17H21FN4O4/c1-11-19-16(21-26-11)10-25-13-4-3-7-22(9-13)17(23)20-12-5-6-15(24-2)14(18)8-12/h5-6,8,13H,3-4,7,9-10H2,1-2H3,(H,20,23). The normalized spacial score (nSPS) is 17.2. The lowest BCUT2D eigenvalue weighted by Gasteiger charge is -2.32. The Morgan fingerprint density at radius 2 is 2.35 bits per heavy atom. The molecule has 1 atom stereocenters. The Morgan fingerprint density at radius 3 is 3.04 bits per heavy atom. The number of aryl methyl sites for hydroxylation is 1. The first-order valence-electron chi connectivity index (χ1n) is 8.35. The number of nitrogens with zero attached hydrogens (tertiary/aromatic N) is 3. The van der Waals surface area contributed by atoms with E-state index in [-0.39, 0.29) is 24.5 Å². The lowest BCUT2D eigenvalue weighted by molar-refractivity contribution is -0.00242. The van der Waals surface area contributed by atoms with Crippen molar-refractivity contribution < 1.29 is 23.2 Å². The zero-order valence-corrected chi connectivity index (χ0v) is 14.7. The number of hydrogen-bond acceptors (Lipinski definition) is 6. The number of carbonyl (C=O) groups is 1. The summed E-state index contributed by atoms with van der Waals surface area (Å²) in [7, 11) is 1.39. The molecule has 0 spiro atoms. The van der Waals surface area contributed by atoms with Crippen molar-refractivity contribution >= 4 is 11.7 Å². The molecular formula is C17H21FN4O4. The number of benzene rings is 1. The van der Waals surface area contributed by atoms with Crippen LogP contribution in [0.1, 0.15) is 24.6 Å². The second-order valence-electron chi connectivity index (χ2n) is 6.03. The smallest absolute Gasteiger partial charge is 0.321 e. The molecule has 9 heteroatoms. The van der Waals surface area contributed by atoms with Crippen LogP contribution in [-0.4, -0.2) is 47.4 Å². The van der Waals surface area contributed by atoms with Crippen LogP contribution in [0.5, 0.6) is 5.75 Å². The van der Waals surface area contributed by atoms with Crippen molar-refractivity contribution in [3.63, 3.8) is 0 Å². The van der Waals surface area contributed by atoms with Gasteiger partial charge in [0.2, 0.25) is 5.89 Å². The van der Waals surface area contributed by atoms with Gasteiger partial charge >= 0.3 is 6.03 Å². The highest BCUT2D eigenvalue weighted by Crippen LogP contribution is 2.22. The van der Waals surface area contributed by atoms with Crippen LogP contribution in [-0.2, 0) is 11.3 Å². The fourth-order valence-electron chi connectivity index (χ4n) is 2.80. The van der Waals surface area contributed by atoms with Crippen molar-refractivity contribution in [1.82, 2.24) is 15.0 Å². The van der Waals surface area contributed by atoms with Crippen LogP contribution in [0.15, 0.2) is 22.7 Å². The highest BCUT2D eigenvalue weighted by molar-refractivity contribution is 5.89. The van der Waals surface area contributed by atoms with E-state index in [1.807, 2.05) is 0 Å². The molecule has 1 saturated heterocycles. The van der Waals surface area contributed by atoms with Gasteiger partial charge in [0.15, 0.2) is 17.4 Å². The van der Waals surface area contributed by atoms with Crippen molar-refractivity contribution in [2.75, 3.05) is 25.5 Å². The lowest BCUT2D eigenvalue weighted by Crippen LogP contribution is -2.45. The summed E-state index contributed by atoms with van der Waals surface area (Å²) in [5.41, 5.74) is 0.374. The second-order valence-corrected chi connectivity index (χ2v) is 6.03. The maximum absolute atomic E-state index is 13.7. The van der Waals surface area contributed by atoms with Gasteiger partial charge in [-0.2, -0.15) is 4.98 Å². The van der Waals surface area contributed by atoms with Crippen molar-refractivity contribution in [3.8, 4) is 5.75 Å². The molecule has 1 aromatic carbocycles. The largest absolute Gasteiger partial charge is 0.494 e. The van der Waals surface area contributed by atoms with E-state index in [0.717, 1.165) is 12.8 Å². The van der Waals surface area contributed by atoms with E-state index in [9.17, 15) is 9.18 Å². The number of hydrogen-bond donors (Lipinski definition) is 1. The Labute approximate surface area is 150 Å². The van der Waals surface area contributed by atoms with Gasteiger partial charge in [-0.25, -0.2) is 9.18 Å². The van der Waals surface area contributed by atoms with Gasteiger partial charge in [0.25, 0.3) is 0 Å². The molecule has 2 aromatic rings. The van der Waals surface area contributed by atoms with Crippen LogP contribution in [0.25, 0.3) is 0 Å². The molecule has 1 N–H and O–H groups in total. The van der Waals surface area contributed by atoms with Gasteiger partial charge in [0.1, 0.15) is 6.61 Å². The summed E-state index contributed by atoms with van der Waals surface area (Å²) >= 11 is 0. The number of ether oxygens (including phenoxy) is 2. The molecule has 140 valence electrons. The summed E-state index contributed by atoms with van der Waals surface area (Å²) < 4.78 is 29.3. The fraction of sp³-hybridized carbons (Fsp3) is 0.471. The Hall–Kier alpha value is -2.68. The van der Waals surface area contributed by atoms with Crippen LogP contribution in [0.4, 0.5) is 14.9 Å². The Balaban J connectivity index is 1.53. The molecule has 3 rings (SSSR count). The molecule has 1 aliphatic rings. The molecule has 0 bridgehead atoms. The van der Waals surface area contributed by atoms with Gasteiger partial charge in [0.05, 0.1) is 13.2 Å². The molecule has 1 aliphatic heterocycles. The molecule has 0 saturated carbocycles. The number of nitrogens with one attached hydrogen (secondary N) is 1. The Kier molecular flexibility index (Phi) is 5.67. The molecule has 1 unspecified atom stereocenters. The average molecular weight is 364 g/mol. The predicted octanol–water partition coefficient (Wildman–Crippen LogP) is 2.74. The summed E-state index contributed by atoms with van der Waals surface area (Å²) in [5.74, 6) is 0.574. The number of aromatic nitrogens is 2. The van der Waals surface area contributed by atoms with Gasteiger partial charge < -0.3 is 24.2 Å². The summed E-state index contributed by atoms with van der Waals surface area (Å²) in [6.07, 6.45) is 1.55. The SMILES string of the molecule is COc1ccc(NC(=O)N2CCCC(OCc3noc(C)n3)C2)cc1F. The van der Waals surface area contributed by atoms with Crippen molar-refractivity contribution in [2.45, 2.75) is 32.5 Å². The summed E-state index contributed by atoms with van der Waals surface area (Å²) in [6, 6.07) is 4.00. The van der Waals surface area contributed by atoms with Crippen LogP contribution >= 0.6 is 0 Å². The highest BCUT2D eigenvalue weighted by Gasteiger charge is 2.25. The summed E-state index contributed by atoms with van der Waals surface area (Å²) in [6.45, 7) is 3.01. The number of anilines is 1. The van der Waals surface area contributed by atoms with Crippen LogP contribution in [0.3, 0.4) is 0 Å². The number of amides is 2. The molecule has 1 fully saturated rings. The third-order valence-corrected chi connectivity index (χ3v) is 4.09. The minimum atomic E-state index is -0.527. The number of likely N-dealkylation sites (tertiary alicyclic amines) is 1. The topological polar surface area (TPSA) is 89.7 Å². The molecular weight excluding hydrogens is 343 g/mol. The fourth-order valence-corrected chi connectivity index (χ4v) is 2.80. The van der Waals surface area contributed by atoms with E-state index in [1.165, 1.54) is 19.2 Å². The summed E-state index contributed by atoms with van der Waals surface area (Å²) in [5, 5.41) is 6.48. The van der Waals surface area contributed by atoms with Gasteiger partial charge in [-0.1, -0.05) is 5.16 Å². The number of halogens is 1. The number of rotatable bonds is 5. The molecule has 0 radical (unpaired) electrons. The first kappa shape index (κ1) is 18.1. The van der Waals surface area contributed by atoms with Gasteiger partial charge in [-0.05, 0) is 25.0 Å². The Morgan fingerprint density at radius 1 is 1.50 bits per heavy atom. The van der Waals surface area contributed by atoms with E-state index in [2.05, 4.69) is 15.5 Å². The predicted molar refractivity (Wildman–Crippen MR) is 90.4 cm³/mol. The average Bonchev–Trinajstić information content (AvgIpc) is 3.06. The maximum atomic E-state index is 13.7. The van der Waals surface area contributed by atoms with Crippen LogP contribution in [0, 0.1) is 12.7 Å². The summed E-state index contributed by atoms with van der Waals surface area (Å²) in [4.78, 5) is 18.2. The first-order chi connectivity index (χ1) is 12.5. The van der Waals surface area contributed by atoms with Crippen LogP contribution in [0.2, 0.25) is 0 Å². The van der Waals surface area contributed by atoms with Crippen LogP contribution < -0.4 is 10.1 Å². The van der Waals surface area contributed by atoms with Gasteiger partial charge in [-0.15, -0.1) is 0 Å². The molecule has 26 heavy (non-hydrogen) atoms. The number of methoxy groups -OCH3 is 1. The van der Waals surface area contributed by atoms with E-state index in [0.29, 0.717) is 30.5 Å². The zero-order valence-electron chi connectivity index (χ0n) is 14.7. The van der Waals surface area contributed by atoms with Crippen molar-refractivity contribution in [1.29, 1.82) is 0 Å². The second kappa shape index (κ2) is 8.13. The van der Waals surface area contributed by atoms with Gasteiger partial charge in [-0.3, -0.25) is 0 Å². The third kappa shape index (κ3) is 4.48. The molecule has 1 aromatic heterocycles. The van der Waals surface area contributed by atoms with Crippen molar-refractivity contribution in [2.24, 2.45) is 0 Å². The highest BCUT2D eigenvalue weighted by atomic mass is 19.1. The monoisotopic (exact) mass is 364 g/mol. The number of piperidine rings is 1. The van der Waals surface area contributed by atoms with E-state index in [4.69, 9.17) is 14.0 Å². The quantitative estimate of drug-likeness (QED) is 0.877. The Bertz CT molecular complexity index is 767. The molecule has 0 aliphatic carbocycles. The minimum absolute atomic E-state index is 0.110. The van der Waals surface area contributed by atoms with E-state index >= 15 is 0 Å². The van der Waals surface area contributed by atoms with E-state index in [1.54, 1.807) is 17.9 Å². The minimum Gasteiger partial charge on any atom is -0.494 e. The third-order valence-electron chi connectivity index (χ3n) is 4.09. The number of carbonyl (C=O) groups excluding carboxylic acids is 1.